The van der Waals surface area contributed by atoms with Crippen molar-refractivity contribution in [1.29, 1.82) is 0 Å². The number of sulfonamides is 1. The summed E-state index contributed by atoms with van der Waals surface area (Å²) in [6.45, 7) is 10.4. The van der Waals surface area contributed by atoms with E-state index in [0.29, 0.717) is 50.8 Å². The highest BCUT2D eigenvalue weighted by atomic mass is 32.2. The van der Waals surface area contributed by atoms with Crippen LogP contribution in [0.5, 0.6) is 11.5 Å². The molecule has 1 atom stereocenters. The molecule has 0 aliphatic carbocycles. The second-order valence-corrected chi connectivity index (χ2v) is 11.4. The van der Waals surface area contributed by atoms with Crippen LogP contribution in [0.3, 0.4) is 0 Å². The maximum atomic E-state index is 12.7. The smallest absolute Gasteiger partial charge is 0.261 e. The van der Waals surface area contributed by atoms with Crippen molar-refractivity contribution in [3.8, 4) is 11.5 Å². The van der Waals surface area contributed by atoms with Gasteiger partial charge in [-0.15, -0.1) is 0 Å². The van der Waals surface area contributed by atoms with E-state index in [0.717, 1.165) is 0 Å². The molecule has 0 spiro atoms. The normalized spacial score (nSPS) is 15.9. The van der Waals surface area contributed by atoms with Crippen LogP contribution in [0.25, 0.3) is 0 Å². The van der Waals surface area contributed by atoms with E-state index in [1.807, 2.05) is 31.2 Å². The summed E-state index contributed by atoms with van der Waals surface area (Å²) in [6, 6.07) is 14.1. The van der Waals surface area contributed by atoms with Crippen molar-refractivity contribution in [3.05, 3.63) is 54.1 Å². The van der Waals surface area contributed by atoms with Gasteiger partial charge >= 0.3 is 0 Å². The highest BCUT2D eigenvalue weighted by molar-refractivity contribution is 7.89. The van der Waals surface area contributed by atoms with E-state index >= 15 is 0 Å². The monoisotopic (exact) mass is 504 g/mol. The molecule has 0 radical (unpaired) electrons. The van der Waals surface area contributed by atoms with Gasteiger partial charge < -0.3 is 19.5 Å². The van der Waals surface area contributed by atoms with E-state index in [1.54, 1.807) is 12.1 Å². The van der Waals surface area contributed by atoms with Crippen LogP contribution in [0.2, 0.25) is 0 Å². The number of amides is 1. The van der Waals surface area contributed by atoms with Crippen molar-refractivity contribution in [1.82, 2.24) is 9.62 Å². The van der Waals surface area contributed by atoms with Gasteiger partial charge in [0.1, 0.15) is 18.1 Å². The fourth-order valence-electron chi connectivity index (χ4n) is 3.62. The standard InChI is InChI=1S/C26H36N2O6S/c1-5-24(34-22-8-6-20(7-9-22)26(2,3)4)25(29)27-14-17-33-21-10-12-23(13-11-21)35(30,31)28-15-18-32-19-16-28/h6-13,24H,5,14-19H2,1-4H3,(H,27,29)/t24-/m1/s1. The Hall–Kier alpha value is -2.62. The van der Waals surface area contributed by atoms with Gasteiger partial charge in [0.15, 0.2) is 6.10 Å². The molecule has 2 aromatic carbocycles. The Morgan fingerprint density at radius 3 is 2.20 bits per heavy atom. The number of morpholine rings is 1. The molecule has 8 nitrogen and oxygen atoms in total. The Bertz CT molecular complexity index is 1060. The van der Waals surface area contributed by atoms with Gasteiger partial charge in [0.25, 0.3) is 5.91 Å². The summed E-state index contributed by atoms with van der Waals surface area (Å²) in [4.78, 5) is 12.8. The predicted octanol–water partition coefficient (Wildman–Crippen LogP) is 3.36. The van der Waals surface area contributed by atoms with E-state index in [-0.39, 0.29) is 22.8 Å². The number of nitrogens with zero attached hydrogens (tertiary/aromatic N) is 1. The van der Waals surface area contributed by atoms with Crippen LogP contribution in [0, 0.1) is 0 Å². The van der Waals surface area contributed by atoms with Crippen LogP contribution in [0.4, 0.5) is 0 Å². The van der Waals surface area contributed by atoms with E-state index in [1.165, 1.54) is 22.0 Å². The van der Waals surface area contributed by atoms with Gasteiger partial charge in [-0.1, -0.05) is 39.8 Å². The van der Waals surface area contributed by atoms with E-state index in [9.17, 15) is 13.2 Å². The number of hydrogen-bond donors (Lipinski definition) is 1. The van der Waals surface area contributed by atoms with Gasteiger partial charge in [0.2, 0.25) is 10.0 Å². The van der Waals surface area contributed by atoms with Crippen LogP contribution in [0.15, 0.2) is 53.4 Å². The lowest BCUT2D eigenvalue weighted by Crippen LogP contribution is -2.40. The number of carbonyl (C=O) groups excluding carboxylic acids is 1. The molecule has 192 valence electrons. The Morgan fingerprint density at radius 1 is 1.03 bits per heavy atom. The van der Waals surface area contributed by atoms with Gasteiger partial charge in [-0.3, -0.25) is 4.79 Å². The lowest BCUT2D eigenvalue weighted by molar-refractivity contribution is -0.128. The Labute approximate surface area is 208 Å². The zero-order valence-electron chi connectivity index (χ0n) is 21.0. The minimum absolute atomic E-state index is 0.0530. The fraction of sp³-hybridized carbons (Fsp3) is 0.500. The van der Waals surface area contributed by atoms with E-state index in [2.05, 4.69) is 26.1 Å². The van der Waals surface area contributed by atoms with Gasteiger partial charge in [0.05, 0.1) is 24.7 Å². The molecule has 2 aromatic rings. The third-order valence-electron chi connectivity index (χ3n) is 5.76. The Kier molecular flexibility index (Phi) is 9.15. The average Bonchev–Trinajstić information content (AvgIpc) is 2.85. The number of hydrogen-bond acceptors (Lipinski definition) is 6. The Balaban J connectivity index is 1.45. The first-order chi connectivity index (χ1) is 16.6. The van der Waals surface area contributed by atoms with E-state index < -0.39 is 16.1 Å². The maximum absolute atomic E-state index is 12.7. The summed E-state index contributed by atoms with van der Waals surface area (Å²) in [6.07, 6.45) is -0.0626. The second-order valence-electron chi connectivity index (χ2n) is 9.42. The van der Waals surface area contributed by atoms with Crippen molar-refractivity contribution >= 4 is 15.9 Å². The molecule has 0 saturated carbocycles. The molecular weight excluding hydrogens is 468 g/mol. The number of ether oxygens (including phenoxy) is 3. The maximum Gasteiger partial charge on any atom is 0.261 e. The van der Waals surface area contributed by atoms with Crippen molar-refractivity contribution in [2.75, 3.05) is 39.5 Å². The first-order valence-electron chi connectivity index (χ1n) is 12.0. The fourth-order valence-corrected chi connectivity index (χ4v) is 5.03. The minimum Gasteiger partial charge on any atom is -0.492 e. The summed E-state index contributed by atoms with van der Waals surface area (Å²) in [7, 11) is -3.54. The molecule has 0 aromatic heterocycles. The molecule has 35 heavy (non-hydrogen) atoms. The van der Waals surface area contributed by atoms with Crippen molar-refractivity contribution in [2.45, 2.75) is 50.5 Å². The van der Waals surface area contributed by atoms with Crippen molar-refractivity contribution in [3.63, 3.8) is 0 Å². The van der Waals surface area contributed by atoms with Crippen LogP contribution in [-0.2, 0) is 25.0 Å². The predicted molar refractivity (Wildman–Crippen MR) is 134 cm³/mol. The number of rotatable bonds is 10. The van der Waals surface area contributed by atoms with Gasteiger partial charge in [-0.2, -0.15) is 4.31 Å². The first kappa shape index (κ1) is 27.0. The molecule has 1 aliphatic heterocycles. The molecule has 1 heterocycles. The summed E-state index contributed by atoms with van der Waals surface area (Å²) in [5, 5.41) is 2.84. The zero-order valence-corrected chi connectivity index (χ0v) is 21.8. The third-order valence-corrected chi connectivity index (χ3v) is 7.68. The summed E-state index contributed by atoms with van der Waals surface area (Å²) < 4.78 is 43.6. The minimum atomic E-state index is -3.54. The molecule has 1 fully saturated rings. The van der Waals surface area contributed by atoms with Crippen LogP contribution < -0.4 is 14.8 Å². The third kappa shape index (κ3) is 7.43. The second kappa shape index (κ2) is 11.9. The molecule has 3 rings (SSSR count). The lowest BCUT2D eigenvalue weighted by atomic mass is 9.87. The highest BCUT2D eigenvalue weighted by Crippen LogP contribution is 2.25. The molecule has 1 aliphatic rings. The lowest BCUT2D eigenvalue weighted by Gasteiger charge is -2.26. The number of nitrogens with one attached hydrogen (secondary N) is 1. The summed E-state index contributed by atoms with van der Waals surface area (Å²) in [5.74, 6) is 0.980. The van der Waals surface area contributed by atoms with Crippen molar-refractivity contribution < 1.29 is 27.4 Å². The van der Waals surface area contributed by atoms with Crippen LogP contribution >= 0.6 is 0 Å². The average molecular weight is 505 g/mol. The largest absolute Gasteiger partial charge is 0.492 e. The molecular formula is C26H36N2O6S. The van der Waals surface area contributed by atoms with E-state index in [4.69, 9.17) is 14.2 Å². The molecule has 1 amide bonds. The topological polar surface area (TPSA) is 94.2 Å². The van der Waals surface area contributed by atoms with Crippen molar-refractivity contribution in [2.24, 2.45) is 0 Å². The van der Waals surface area contributed by atoms with Gasteiger partial charge in [0, 0.05) is 13.1 Å². The summed E-state index contributed by atoms with van der Waals surface area (Å²) in [5.41, 5.74) is 1.25. The van der Waals surface area contributed by atoms with Gasteiger partial charge in [-0.25, -0.2) is 8.42 Å². The van der Waals surface area contributed by atoms with Crippen LogP contribution in [-0.4, -0.2) is 64.2 Å². The number of benzene rings is 2. The number of carbonyl (C=O) groups is 1. The SMILES string of the molecule is CC[C@@H](Oc1ccc(C(C)(C)C)cc1)C(=O)NCCOc1ccc(S(=O)(=O)N2CCOCC2)cc1. The highest BCUT2D eigenvalue weighted by Gasteiger charge is 2.26. The molecule has 0 bridgehead atoms. The molecule has 0 unspecified atom stereocenters. The molecule has 9 heteroatoms. The Morgan fingerprint density at radius 2 is 1.63 bits per heavy atom. The molecule has 1 N–H and O–H groups in total. The quantitative estimate of drug-likeness (QED) is 0.499. The van der Waals surface area contributed by atoms with Crippen LogP contribution in [0.1, 0.15) is 39.7 Å². The zero-order chi connectivity index (χ0) is 25.5. The molecule has 1 saturated heterocycles. The first-order valence-corrected chi connectivity index (χ1v) is 13.4. The summed E-state index contributed by atoms with van der Waals surface area (Å²) >= 11 is 0. The van der Waals surface area contributed by atoms with Gasteiger partial charge in [-0.05, 0) is 53.8 Å².